The van der Waals surface area contributed by atoms with Crippen molar-refractivity contribution >= 4 is 0 Å². The van der Waals surface area contributed by atoms with Crippen LogP contribution in [0.4, 0.5) is 13.2 Å². The lowest BCUT2D eigenvalue weighted by Crippen LogP contribution is -2.34. The van der Waals surface area contributed by atoms with Crippen molar-refractivity contribution in [1.82, 2.24) is 29.9 Å². The number of hydrogen-bond acceptors (Lipinski definition) is 4. The highest BCUT2D eigenvalue weighted by molar-refractivity contribution is 5.10. The SMILES string of the molecule is Cn1nncc1CN1CCC[C@H](c2ncc(C(F)(F)F)[nH]2)C1. The first-order valence-corrected chi connectivity index (χ1v) is 7.11. The minimum Gasteiger partial charge on any atom is -0.338 e. The van der Waals surface area contributed by atoms with Crippen LogP contribution in [0.15, 0.2) is 12.4 Å². The number of alkyl halides is 3. The zero-order valence-corrected chi connectivity index (χ0v) is 12.1. The Morgan fingerprint density at radius 3 is 2.82 bits per heavy atom. The Bertz CT molecular complexity index is 632. The van der Waals surface area contributed by atoms with Crippen molar-refractivity contribution < 1.29 is 13.2 Å². The van der Waals surface area contributed by atoms with E-state index in [1.165, 1.54) is 0 Å². The van der Waals surface area contributed by atoms with Crippen LogP contribution in [0, 0.1) is 0 Å². The molecule has 0 amide bonds. The van der Waals surface area contributed by atoms with E-state index in [1.807, 2.05) is 7.05 Å². The highest BCUT2D eigenvalue weighted by Gasteiger charge is 2.34. The average molecular weight is 314 g/mol. The van der Waals surface area contributed by atoms with Crippen molar-refractivity contribution in [2.75, 3.05) is 13.1 Å². The molecule has 2 aromatic rings. The van der Waals surface area contributed by atoms with Crippen LogP contribution in [0.1, 0.15) is 36.0 Å². The largest absolute Gasteiger partial charge is 0.432 e. The zero-order valence-electron chi connectivity index (χ0n) is 12.1. The highest BCUT2D eigenvalue weighted by atomic mass is 19.4. The number of halogens is 3. The second-order valence-electron chi connectivity index (χ2n) is 5.60. The summed E-state index contributed by atoms with van der Waals surface area (Å²) in [6.07, 6.45) is -0.0273. The fraction of sp³-hybridized carbons (Fsp3) is 0.615. The first-order chi connectivity index (χ1) is 10.4. The predicted octanol–water partition coefficient (Wildman–Crippen LogP) is 1.94. The Morgan fingerprint density at radius 2 is 2.18 bits per heavy atom. The monoisotopic (exact) mass is 314 g/mol. The van der Waals surface area contributed by atoms with Gasteiger partial charge in [-0.2, -0.15) is 13.2 Å². The second-order valence-corrected chi connectivity index (χ2v) is 5.60. The maximum atomic E-state index is 12.6. The molecule has 0 saturated carbocycles. The van der Waals surface area contributed by atoms with E-state index in [1.54, 1.807) is 10.9 Å². The normalized spacial score (nSPS) is 20.5. The molecular formula is C13H17F3N6. The van der Waals surface area contributed by atoms with Crippen LogP contribution in [-0.2, 0) is 19.8 Å². The third-order valence-electron chi connectivity index (χ3n) is 3.99. The van der Waals surface area contributed by atoms with Gasteiger partial charge < -0.3 is 4.98 Å². The Kier molecular flexibility index (Phi) is 3.90. The Morgan fingerprint density at radius 1 is 1.36 bits per heavy atom. The number of aryl methyl sites for hydroxylation is 1. The lowest BCUT2D eigenvalue weighted by molar-refractivity contribution is -0.141. The second kappa shape index (κ2) is 5.71. The molecule has 0 aromatic carbocycles. The van der Waals surface area contributed by atoms with Gasteiger partial charge in [0.25, 0.3) is 0 Å². The van der Waals surface area contributed by atoms with Gasteiger partial charge in [0.2, 0.25) is 0 Å². The summed E-state index contributed by atoms with van der Waals surface area (Å²) < 4.78 is 39.6. The Labute approximate surface area is 125 Å². The van der Waals surface area contributed by atoms with Crippen LogP contribution in [-0.4, -0.2) is 43.0 Å². The molecule has 0 unspecified atom stereocenters. The van der Waals surface area contributed by atoms with Gasteiger partial charge in [0.15, 0.2) is 0 Å². The van der Waals surface area contributed by atoms with Gasteiger partial charge in [-0.25, -0.2) is 4.98 Å². The molecule has 1 aliphatic heterocycles. The molecule has 0 bridgehead atoms. The van der Waals surface area contributed by atoms with Crippen molar-refractivity contribution in [1.29, 1.82) is 0 Å². The first-order valence-electron chi connectivity index (χ1n) is 7.11. The molecule has 1 fully saturated rings. The molecule has 9 heteroatoms. The quantitative estimate of drug-likeness (QED) is 0.940. The van der Waals surface area contributed by atoms with Crippen molar-refractivity contribution in [2.45, 2.75) is 31.5 Å². The minimum absolute atomic E-state index is 0.00830. The molecule has 0 radical (unpaired) electrons. The Balaban J connectivity index is 1.68. The Hall–Kier alpha value is -1.90. The summed E-state index contributed by atoms with van der Waals surface area (Å²) in [6, 6.07) is 0. The van der Waals surface area contributed by atoms with Crippen LogP contribution in [0.5, 0.6) is 0 Å². The number of nitrogens with one attached hydrogen (secondary N) is 1. The average Bonchev–Trinajstić information content (AvgIpc) is 3.09. The molecule has 1 atom stereocenters. The van der Waals surface area contributed by atoms with Crippen molar-refractivity contribution in [3.63, 3.8) is 0 Å². The molecule has 120 valence electrons. The van der Waals surface area contributed by atoms with Crippen LogP contribution in [0.25, 0.3) is 0 Å². The van der Waals surface area contributed by atoms with E-state index >= 15 is 0 Å². The summed E-state index contributed by atoms with van der Waals surface area (Å²) >= 11 is 0. The maximum absolute atomic E-state index is 12.6. The molecule has 6 nitrogen and oxygen atoms in total. The van der Waals surface area contributed by atoms with E-state index in [4.69, 9.17) is 0 Å². The lowest BCUT2D eigenvalue weighted by Gasteiger charge is -2.31. The summed E-state index contributed by atoms with van der Waals surface area (Å²) in [6.45, 7) is 2.28. The number of hydrogen-bond donors (Lipinski definition) is 1. The molecular weight excluding hydrogens is 297 g/mol. The van der Waals surface area contributed by atoms with E-state index in [0.717, 1.165) is 31.3 Å². The van der Waals surface area contributed by atoms with Crippen molar-refractivity contribution in [3.05, 3.63) is 29.6 Å². The smallest absolute Gasteiger partial charge is 0.338 e. The summed E-state index contributed by atoms with van der Waals surface area (Å²) in [4.78, 5) is 8.54. The van der Waals surface area contributed by atoms with Crippen LogP contribution >= 0.6 is 0 Å². The molecule has 1 N–H and O–H groups in total. The number of H-pyrrole nitrogens is 1. The molecule has 22 heavy (non-hydrogen) atoms. The summed E-state index contributed by atoms with van der Waals surface area (Å²) in [5, 5.41) is 7.72. The van der Waals surface area contributed by atoms with Crippen LogP contribution < -0.4 is 0 Å². The number of aromatic nitrogens is 5. The fourth-order valence-corrected chi connectivity index (χ4v) is 2.79. The topological polar surface area (TPSA) is 62.6 Å². The van der Waals surface area contributed by atoms with E-state index < -0.39 is 11.9 Å². The van der Waals surface area contributed by atoms with E-state index in [-0.39, 0.29) is 5.92 Å². The van der Waals surface area contributed by atoms with Gasteiger partial charge in [-0.15, -0.1) is 5.10 Å². The first kappa shape index (κ1) is 15.0. The van der Waals surface area contributed by atoms with Crippen LogP contribution in [0.2, 0.25) is 0 Å². The van der Waals surface area contributed by atoms with E-state index in [0.29, 0.717) is 18.9 Å². The molecule has 3 heterocycles. The summed E-state index contributed by atoms with van der Waals surface area (Å²) in [7, 11) is 1.83. The fourth-order valence-electron chi connectivity index (χ4n) is 2.79. The number of nitrogens with zero attached hydrogens (tertiary/aromatic N) is 5. The van der Waals surface area contributed by atoms with Gasteiger partial charge in [-0.1, -0.05) is 5.21 Å². The van der Waals surface area contributed by atoms with Gasteiger partial charge in [0.05, 0.1) is 18.1 Å². The number of aromatic amines is 1. The van der Waals surface area contributed by atoms with Gasteiger partial charge in [-0.3, -0.25) is 9.58 Å². The van der Waals surface area contributed by atoms with Crippen molar-refractivity contribution in [3.8, 4) is 0 Å². The molecule has 2 aromatic heterocycles. The molecule has 1 saturated heterocycles. The van der Waals surface area contributed by atoms with E-state index in [2.05, 4.69) is 25.2 Å². The third kappa shape index (κ3) is 3.13. The minimum atomic E-state index is -4.38. The molecule has 0 spiro atoms. The number of likely N-dealkylation sites (tertiary alicyclic amines) is 1. The number of piperidine rings is 1. The number of imidazole rings is 1. The van der Waals surface area contributed by atoms with Gasteiger partial charge in [0.1, 0.15) is 11.5 Å². The number of rotatable bonds is 3. The maximum Gasteiger partial charge on any atom is 0.432 e. The predicted molar refractivity (Wildman–Crippen MR) is 71.8 cm³/mol. The lowest BCUT2D eigenvalue weighted by atomic mass is 9.97. The standard InChI is InChI=1S/C13H17F3N6/c1-21-10(5-18-20-21)8-22-4-2-3-9(7-22)12-17-6-11(19-12)13(14,15)16/h5-6,9H,2-4,7-8H2,1H3,(H,17,19)/t9-/m0/s1. The summed E-state index contributed by atoms with van der Waals surface area (Å²) in [5.74, 6) is 0.409. The van der Waals surface area contributed by atoms with Gasteiger partial charge >= 0.3 is 6.18 Å². The third-order valence-corrected chi connectivity index (χ3v) is 3.99. The zero-order chi connectivity index (χ0) is 15.7. The highest BCUT2D eigenvalue weighted by Crippen LogP contribution is 2.31. The molecule has 1 aliphatic rings. The summed E-state index contributed by atoms with van der Waals surface area (Å²) in [5.41, 5.74) is 0.200. The van der Waals surface area contributed by atoms with Gasteiger partial charge in [0, 0.05) is 26.1 Å². The van der Waals surface area contributed by atoms with Gasteiger partial charge in [-0.05, 0) is 19.4 Å². The molecule has 3 rings (SSSR count). The molecule has 0 aliphatic carbocycles. The van der Waals surface area contributed by atoms with Crippen LogP contribution in [0.3, 0.4) is 0 Å². The van der Waals surface area contributed by atoms with E-state index in [9.17, 15) is 13.2 Å². The van der Waals surface area contributed by atoms with Crippen molar-refractivity contribution in [2.24, 2.45) is 7.05 Å².